The molecule has 3 aromatic carbocycles. The van der Waals surface area contributed by atoms with Crippen LogP contribution >= 0.6 is 11.3 Å². The minimum atomic E-state index is 0. The second-order valence-electron chi connectivity index (χ2n) is 19.9. The Kier molecular flexibility index (Phi) is 15.5. The first kappa shape index (κ1) is 48.6. The average Bonchev–Trinajstić information content (AvgIpc) is 3.54. The van der Waals surface area contributed by atoms with Gasteiger partial charge in [-0.05, 0) is 101 Å². The van der Waals surface area contributed by atoms with Gasteiger partial charge in [0.05, 0.1) is 17.6 Å². The summed E-state index contributed by atoms with van der Waals surface area (Å²) in [4.78, 5) is 11.7. The van der Waals surface area contributed by atoms with E-state index in [2.05, 4.69) is 135 Å². The first-order chi connectivity index (χ1) is 27.2. The van der Waals surface area contributed by atoms with Gasteiger partial charge in [-0.2, -0.15) is 12.5 Å². The third-order valence-corrected chi connectivity index (χ3v) is 15.4. The normalized spacial score (nSPS) is 16.7. The number of aliphatic hydroxyl groups excluding tert-OH is 1. The number of carbonyl (C=O) groups is 1. The van der Waals surface area contributed by atoms with Gasteiger partial charge in [0.2, 0.25) is 0 Å². The average molecular weight is 993 g/mol. The molecule has 0 amide bonds. The molecule has 0 aliphatic heterocycles. The molecule has 1 N–H and O–H groups in total. The number of pyridine rings is 1. The smallest absolute Gasteiger partial charge is 0.162 e. The number of nitrogens with zero attached hydrogens (tertiary/aromatic N) is 1. The molecule has 0 unspecified atom stereocenters. The fourth-order valence-electron chi connectivity index (χ4n) is 11.6. The number of allylic oxidation sites excluding steroid dienone is 2. The second-order valence-corrected chi connectivity index (χ2v) is 20.9. The molecule has 1 saturated carbocycles. The third-order valence-electron chi connectivity index (χ3n) is 14.2. The summed E-state index contributed by atoms with van der Waals surface area (Å²) >= 11 is 1.97. The van der Waals surface area contributed by atoms with Crippen LogP contribution in [0.15, 0.2) is 72.6 Å². The molecule has 6 rings (SSSR count). The summed E-state index contributed by atoms with van der Waals surface area (Å²) < 4.78 is 4.84. The number of hydrogen-bond acceptors (Lipinski definition) is 3. The molecule has 5 heteroatoms. The number of rotatable bonds is 12. The standard InChI is InChI=1S/C41H50NS.C13H24O2.Ir/c1-12-41(10,13-2)33-23-32(26(3)27-17-14-15-18-28(27)33)34-36-30(21-22-42(34)11)29-19-16-20-31(35(29)43-36)37-39(6,7)24-38(4,5)25-40(37,8)9;1-5-10(6-2)12(14)9-13(15)11(7-3)8-4;/h14-23,37H,3,11-13,24-25H2,1-2,4-10H3;9-11,14H,5-8H2,1-4H3;/q-1;;/b;12-9-;. The number of aliphatic hydroxyl groups is 1. The van der Waals surface area contributed by atoms with Crippen LogP contribution in [-0.2, 0) is 30.3 Å². The van der Waals surface area contributed by atoms with Crippen LogP contribution < -0.4 is 4.57 Å². The monoisotopic (exact) mass is 994 g/mol. The van der Waals surface area contributed by atoms with Crippen molar-refractivity contribution in [2.45, 2.75) is 153 Å². The van der Waals surface area contributed by atoms with Crippen LogP contribution in [0.5, 0.6) is 0 Å². The molecule has 5 aromatic rings. The number of ketones is 1. The zero-order chi connectivity index (χ0) is 43.0. The molecule has 0 saturated heterocycles. The zero-order valence-electron chi connectivity index (χ0n) is 38.7. The van der Waals surface area contributed by atoms with Crippen LogP contribution in [0.2, 0.25) is 0 Å². The van der Waals surface area contributed by atoms with Crippen LogP contribution in [0, 0.1) is 42.1 Å². The van der Waals surface area contributed by atoms with Crippen molar-refractivity contribution in [3.63, 3.8) is 0 Å². The van der Waals surface area contributed by atoms with Crippen molar-refractivity contribution in [1.29, 1.82) is 0 Å². The van der Waals surface area contributed by atoms with Crippen molar-refractivity contribution in [2.24, 2.45) is 28.1 Å². The summed E-state index contributed by atoms with van der Waals surface area (Å²) in [6, 6.07) is 20.7. The molecule has 1 aliphatic rings. The Morgan fingerprint density at radius 2 is 1.34 bits per heavy atom. The van der Waals surface area contributed by atoms with Crippen molar-refractivity contribution in [3.05, 3.63) is 103 Å². The van der Waals surface area contributed by atoms with Crippen molar-refractivity contribution >= 4 is 48.1 Å². The molecule has 0 atom stereocenters. The van der Waals surface area contributed by atoms with Crippen molar-refractivity contribution in [1.82, 2.24) is 0 Å². The zero-order valence-corrected chi connectivity index (χ0v) is 41.9. The summed E-state index contributed by atoms with van der Waals surface area (Å²) in [5, 5.41) is 15.0. The van der Waals surface area contributed by atoms with E-state index in [9.17, 15) is 9.90 Å². The maximum atomic E-state index is 11.7. The van der Waals surface area contributed by atoms with E-state index in [-0.39, 0.29) is 59.7 Å². The first-order valence-corrected chi connectivity index (χ1v) is 23.1. The Balaban J connectivity index is 0.000000411. The van der Waals surface area contributed by atoms with E-state index < -0.39 is 0 Å². The summed E-state index contributed by atoms with van der Waals surface area (Å²) in [5.74, 6) is 1.02. The van der Waals surface area contributed by atoms with Crippen LogP contribution in [0.3, 0.4) is 0 Å². The minimum absolute atomic E-state index is 0. The van der Waals surface area contributed by atoms with E-state index in [1.807, 2.05) is 39.0 Å². The van der Waals surface area contributed by atoms with Crippen LogP contribution in [-0.4, -0.2) is 10.9 Å². The van der Waals surface area contributed by atoms with Crippen molar-refractivity contribution < 1.29 is 34.6 Å². The molecule has 323 valence electrons. The van der Waals surface area contributed by atoms with Crippen molar-refractivity contribution in [2.75, 3.05) is 0 Å². The Morgan fingerprint density at radius 3 is 1.88 bits per heavy atom. The third kappa shape index (κ3) is 9.54. The molecule has 0 spiro atoms. The molecule has 3 nitrogen and oxygen atoms in total. The van der Waals surface area contributed by atoms with Crippen LogP contribution in [0.1, 0.15) is 164 Å². The molecule has 1 radical (unpaired) electrons. The minimum Gasteiger partial charge on any atom is -0.512 e. The summed E-state index contributed by atoms with van der Waals surface area (Å²) in [6.45, 7) is 34.8. The summed E-state index contributed by atoms with van der Waals surface area (Å²) in [7, 11) is 4.54. The van der Waals surface area contributed by atoms with Crippen LogP contribution in [0.25, 0.3) is 42.2 Å². The van der Waals surface area contributed by atoms with Gasteiger partial charge in [0.15, 0.2) is 5.78 Å². The Hall–Kier alpha value is -3.11. The van der Waals surface area contributed by atoms with Gasteiger partial charge in [0, 0.05) is 54.5 Å². The van der Waals surface area contributed by atoms with Gasteiger partial charge in [-0.3, -0.25) is 4.79 Å². The van der Waals surface area contributed by atoms with Gasteiger partial charge in [-0.25, -0.2) is 0 Å². The molecule has 0 bridgehead atoms. The largest absolute Gasteiger partial charge is 0.512 e. The maximum absolute atomic E-state index is 11.7. The van der Waals surface area contributed by atoms with Gasteiger partial charge in [-0.15, -0.1) is 34.4 Å². The maximum Gasteiger partial charge on any atom is 0.162 e. The fourth-order valence-corrected chi connectivity index (χ4v) is 13.0. The number of aromatic nitrogens is 1. The molecule has 2 heterocycles. The predicted molar refractivity (Wildman–Crippen MR) is 253 cm³/mol. The number of fused-ring (bicyclic) bond motifs is 4. The van der Waals surface area contributed by atoms with E-state index in [0.29, 0.717) is 11.3 Å². The van der Waals surface area contributed by atoms with E-state index in [4.69, 9.17) is 6.92 Å². The van der Waals surface area contributed by atoms with Gasteiger partial charge < -0.3 is 9.67 Å². The van der Waals surface area contributed by atoms with Gasteiger partial charge in [0.1, 0.15) is 0 Å². The predicted octanol–water partition coefficient (Wildman–Crippen LogP) is 15.9. The fraction of sp³-hybridized carbons (Fsp3) is 0.519. The van der Waals surface area contributed by atoms with E-state index in [1.54, 1.807) is 0 Å². The Bertz CT molecular complexity index is 2260. The van der Waals surface area contributed by atoms with E-state index >= 15 is 0 Å². The van der Waals surface area contributed by atoms with Gasteiger partial charge >= 0.3 is 0 Å². The number of benzene rings is 3. The topological polar surface area (TPSA) is 41.2 Å². The quantitative estimate of drug-likeness (QED) is 0.0586. The number of hydrogen-bond donors (Lipinski definition) is 1. The Morgan fingerprint density at radius 1 is 0.814 bits per heavy atom. The molecular formula is C54H74IrNO2S-. The molecule has 59 heavy (non-hydrogen) atoms. The molecule has 1 fully saturated rings. The van der Waals surface area contributed by atoms with Gasteiger partial charge in [-0.1, -0.05) is 137 Å². The summed E-state index contributed by atoms with van der Waals surface area (Å²) in [5.41, 5.74) is 7.23. The van der Waals surface area contributed by atoms with Crippen LogP contribution in [0.4, 0.5) is 0 Å². The van der Waals surface area contributed by atoms with E-state index in [1.165, 1.54) is 72.2 Å². The number of thiophene rings is 1. The molecule has 1 aliphatic carbocycles. The van der Waals surface area contributed by atoms with Gasteiger partial charge in [0.25, 0.3) is 0 Å². The number of carbonyl (C=O) groups excluding carboxylic acids is 1. The SMILES string of the molecule is CCC(CC)C(=O)/C=C(\O)C(CC)CC.[CH2-]c1c(-c2c3sc4c(C5C(C)(C)CC(C)(C)CC5(C)C)cccc4c3cc[n+]2[CH2-])cc(C(C)(CC)CC)c2ccccc12.[Ir]. The Labute approximate surface area is 375 Å². The summed E-state index contributed by atoms with van der Waals surface area (Å²) in [6.07, 6.45) is 11.7. The van der Waals surface area contributed by atoms with E-state index in [0.717, 1.165) is 44.1 Å². The second kappa shape index (κ2) is 18.9. The molecule has 2 aromatic heterocycles. The van der Waals surface area contributed by atoms with Crippen molar-refractivity contribution in [3.8, 4) is 11.3 Å². The first-order valence-electron chi connectivity index (χ1n) is 22.3. The molecular weight excluding hydrogens is 919 g/mol.